The van der Waals surface area contributed by atoms with Crippen LogP contribution in [0.4, 0.5) is 0 Å². The van der Waals surface area contributed by atoms with Gasteiger partial charge in [-0.1, -0.05) is 30.3 Å². The van der Waals surface area contributed by atoms with Gasteiger partial charge in [0.15, 0.2) is 5.78 Å². The summed E-state index contributed by atoms with van der Waals surface area (Å²) in [4.78, 5) is 14.4. The molecule has 0 N–H and O–H groups in total. The van der Waals surface area contributed by atoms with Gasteiger partial charge < -0.3 is 0 Å². The molecule has 0 spiro atoms. The number of carbonyl (C=O) groups is 1. The van der Waals surface area contributed by atoms with Gasteiger partial charge in [0.1, 0.15) is 0 Å². The van der Waals surface area contributed by atoms with E-state index in [1.165, 1.54) is 12.8 Å². The highest BCUT2D eigenvalue weighted by atomic mass is 35.5. The first-order valence-corrected chi connectivity index (χ1v) is 5.62. The lowest BCUT2D eigenvalue weighted by molar-refractivity contribution is 0.0867. The molecule has 0 radical (unpaired) electrons. The number of likely N-dealkylation sites (tertiary alicyclic amines) is 1. The minimum atomic E-state index is 0. The predicted octanol–water partition coefficient (Wildman–Crippen LogP) is 2.78. The van der Waals surface area contributed by atoms with E-state index >= 15 is 0 Å². The summed E-state index contributed by atoms with van der Waals surface area (Å²) in [6.07, 6.45) is 2.46. The van der Waals surface area contributed by atoms with Gasteiger partial charge in [-0.25, -0.2) is 0 Å². The highest BCUT2D eigenvalue weighted by Gasteiger charge is 2.24. The van der Waals surface area contributed by atoms with Gasteiger partial charge in [0, 0.05) is 5.56 Å². The minimum Gasteiger partial charge on any atom is -0.294 e. The van der Waals surface area contributed by atoms with Crippen LogP contribution in [-0.4, -0.2) is 29.8 Å². The molecule has 2 nitrogen and oxygen atoms in total. The van der Waals surface area contributed by atoms with E-state index in [0.717, 1.165) is 18.7 Å². The third kappa shape index (κ3) is 2.83. The van der Waals surface area contributed by atoms with Crippen molar-refractivity contribution in [1.29, 1.82) is 0 Å². The molecular formula is C13H18ClNO. The largest absolute Gasteiger partial charge is 0.294 e. The molecule has 1 fully saturated rings. The van der Waals surface area contributed by atoms with Gasteiger partial charge in [-0.3, -0.25) is 9.69 Å². The van der Waals surface area contributed by atoms with Crippen molar-refractivity contribution in [3.05, 3.63) is 35.9 Å². The van der Waals surface area contributed by atoms with E-state index in [-0.39, 0.29) is 24.2 Å². The maximum absolute atomic E-state index is 12.1. The fraction of sp³-hybridized carbons (Fsp3) is 0.462. The Morgan fingerprint density at radius 1 is 1.19 bits per heavy atom. The topological polar surface area (TPSA) is 20.3 Å². The summed E-state index contributed by atoms with van der Waals surface area (Å²) >= 11 is 0. The van der Waals surface area contributed by atoms with Gasteiger partial charge in [0.25, 0.3) is 0 Å². The zero-order valence-corrected chi connectivity index (χ0v) is 10.4. The maximum Gasteiger partial charge on any atom is 0.179 e. The van der Waals surface area contributed by atoms with E-state index in [2.05, 4.69) is 4.90 Å². The molecule has 1 heterocycles. The van der Waals surface area contributed by atoms with E-state index in [1.54, 1.807) is 0 Å². The molecule has 0 saturated carbocycles. The van der Waals surface area contributed by atoms with Crippen molar-refractivity contribution in [1.82, 2.24) is 4.90 Å². The number of hydrogen-bond acceptors (Lipinski definition) is 2. The molecule has 1 aliphatic rings. The van der Waals surface area contributed by atoms with Crippen LogP contribution in [-0.2, 0) is 0 Å². The standard InChI is InChI=1S/C13H17NO.ClH/c1-11(14-9-5-6-10-14)13(15)12-7-3-2-4-8-12;/h2-4,7-8,11H,5-6,9-10H2,1H3;1H/t11-;/m1./s1. The van der Waals surface area contributed by atoms with Gasteiger partial charge in [0.2, 0.25) is 0 Å². The number of benzene rings is 1. The van der Waals surface area contributed by atoms with Crippen molar-refractivity contribution in [2.24, 2.45) is 0 Å². The molecule has 1 aliphatic heterocycles. The predicted molar refractivity (Wildman–Crippen MR) is 68.3 cm³/mol. The second kappa shape index (κ2) is 6.02. The van der Waals surface area contributed by atoms with Crippen molar-refractivity contribution in [2.45, 2.75) is 25.8 Å². The summed E-state index contributed by atoms with van der Waals surface area (Å²) in [6.45, 7) is 4.15. The number of carbonyl (C=O) groups excluding carboxylic acids is 1. The number of nitrogens with zero attached hydrogens (tertiary/aromatic N) is 1. The minimum absolute atomic E-state index is 0. The van der Waals surface area contributed by atoms with Crippen molar-refractivity contribution in [3.63, 3.8) is 0 Å². The van der Waals surface area contributed by atoms with E-state index < -0.39 is 0 Å². The van der Waals surface area contributed by atoms with Crippen LogP contribution in [0.15, 0.2) is 30.3 Å². The van der Waals surface area contributed by atoms with Gasteiger partial charge in [0.05, 0.1) is 6.04 Å². The van der Waals surface area contributed by atoms with E-state index in [0.29, 0.717) is 0 Å². The molecule has 1 saturated heterocycles. The molecule has 1 atom stereocenters. The van der Waals surface area contributed by atoms with Crippen molar-refractivity contribution >= 4 is 18.2 Å². The molecule has 1 aromatic rings. The van der Waals surface area contributed by atoms with Crippen LogP contribution in [0.2, 0.25) is 0 Å². The number of ketones is 1. The van der Waals surface area contributed by atoms with Crippen LogP contribution < -0.4 is 0 Å². The molecular weight excluding hydrogens is 222 g/mol. The monoisotopic (exact) mass is 239 g/mol. The molecule has 0 bridgehead atoms. The average Bonchev–Trinajstić information content (AvgIpc) is 2.82. The molecule has 0 unspecified atom stereocenters. The van der Waals surface area contributed by atoms with E-state index in [9.17, 15) is 4.79 Å². The van der Waals surface area contributed by atoms with Crippen LogP contribution in [0.3, 0.4) is 0 Å². The first-order valence-electron chi connectivity index (χ1n) is 5.62. The Labute approximate surface area is 103 Å². The third-order valence-electron chi connectivity index (χ3n) is 3.13. The molecule has 2 rings (SSSR count). The van der Waals surface area contributed by atoms with Crippen molar-refractivity contribution in [3.8, 4) is 0 Å². The molecule has 88 valence electrons. The van der Waals surface area contributed by atoms with Crippen LogP contribution in [0.25, 0.3) is 0 Å². The van der Waals surface area contributed by atoms with Crippen LogP contribution in [0.5, 0.6) is 0 Å². The van der Waals surface area contributed by atoms with E-state index in [1.807, 2.05) is 37.3 Å². The Balaban J connectivity index is 0.00000128. The van der Waals surface area contributed by atoms with E-state index in [4.69, 9.17) is 0 Å². The zero-order valence-electron chi connectivity index (χ0n) is 9.56. The first-order chi connectivity index (χ1) is 7.29. The second-order valence-corrected chi connectivity index (χ2v) is 4.15. The van der Waals surface area contributed by atoms with Crippen LogP contribution in [0.1, 0.15) is 30.1 Å². The Kier molecular flexibility index (Phi) is 4.97. The highest BCUT2D eigenvalue weighted by molar-refractivity contribution is 5.99. The Hall–Kier alpha value is -0.860. The fourth-order valence-corrected chi connectivity index (χ4v) is 2.14. The Bertz CT molecular complexity index is 333. The summed E-state index contributed by atoms with van der Waals surface area (Å²) < 4.78 is 0. The molecule has 3 heteroatoms. The number of rotatable bonds is 3. The third-order valence-corrected chi connectivity index (χ3v) is 3.13. The zero-order chi connectivity index (χ0) is 10.7. The molecule has 1 aromatic carbocycles. The normalized spacial score (nSPS) is 17.8. The summed E-state index contributed by atoms with van der Waals surface area (Å²) in [6, 6.07) is 9.62. The summed E-state index contributed by atoms with van der Waals surface area (Å²) in [5.41, 5.74) is 0.830. The molecule has 0 aliphatic carbocycles. The molecule has 0 aromatic heterocycles. The Morgan fingerprint density at radius 3 is 2.31 bits per heavy atom. The number of hydrogen-bond donors (Lipinski definition) is 0. The quantitative estimate of drug-likeness (QED) is 0.756. The summed E-state index contributed by atoms with van der Waals surface area (Å²) in [5.74, 6) is 0.248. The molecule has 0 amide bonds. The number of Topliss-reactive ketones (excluding diaryl/α,β-unsaturated/α-hetero) is 1. The van der Waals surface area contributed by atoms with Gasteiger partial charge in [-0.05, 0) is 32.9 Å². The average molecular weight is 240 g/mol. The number of halogens is 1. The second-order valence-electron chi connectivity index (χ2n) is 4.15. The summed E-state index contributed by atoms with van der Waals surface area (Å²) in [5, 5.41) is 0. The van der Waals surface area contributed by atoms with Crippen LogP contribution in [0, 0.1) is 0 Å². The summed E-state index contributed by atoms with van der Waals surface area (Å²) in [7, 11) is 0. The first kappa shape index (κ1) is 13.2. The Morgan fingerprint density at radius 2 is 1.75 bits per heavy atom. The van der Waals surface area contributed by atoms with Crippen molar-refractivity contribution < 1.29 is 4.79 Å². The highest BCUT2D eigenvalue weighted by Crippen LogP contribution is 2.15. The smallest absolute Gasteiger partial charge is 0.179 e. The lowest BCUT2D eigenvalue weighted by atomic mass is 10.0. The van der Waals surface area contributed by atoms with Gasteiger partial charge in [-0.2, -0.15) is 0 Å². The lowest BCUT2D eigenvalue weighted by Crippen LogP contribution is -2.36. The van der Waals surface area contributed by atoms with Crippen molar-refractivity contribution in [2.75, 3.05) is 13.1 Å². The van der Waals surface area contributed by atoms with Gasteiger partial charge in [-0.15, -0.1) is 12.4 Å². The lowest BCUT2D eigenvalue weighted by Gasteiger charge is -2.22. The van der Waals surface area contributed by atoms with Crippen LogP contribution >= 0.6 is 12.4 Å². The SMILES string of the molecule is C[C@H](C(=O)c1ccccc1)N1CCCC1.Cl. The fourth-order valence-electron chi connectivity index (χ4n) is 2.14. The maximum atomic E-state index is 12.1. The molecule has 16 heavy (non-hydrogen) atoms. The van der Waals surface area contributed by atoms with Gasteiger partial charge >= 0.3 is 0 Å².